The van der Waals surface area contributed by atoms with Gasteiger partial charge in [-0.15, -0.1) is 0 Å². The van der Waals surface area contributed by atoms with E-state index in [1.807, 2.05) is 38.1 Å². The van der Waals surface area contributed by atoms with Crippen LogP contribution in [0.1, 0.15) is 22.8 Å². The van der Waals surface area contributed by atoms with Crippen molar-refractivity contribution in [1.82, 2.24) is 4.98 Å². The van der Waals surface area contributed by atoms with E-state index in [1.54, 1.807) is 30.3 Å². The number of pyridine rings is 1. The van der Waals surface area contributed by atoms with Crippen LogP contribution in [0.4, 0.5) is 11.5 Å². The maximum absolute atomic E-state index is 12.5. The molecule has 104 valence electrons. The molecule has 1 amide bonds. The average Bonchev–Trinajstić information content (AvgIpc) is 2.47. The number of carbonyl (C=O) groups excluding carboxylic acids is 1. The van der Waals surface area contributed by atoms with Crippen molar-refractivity contribution in [2.24, 2.45) is 0 Å². The lowest BCUT2D eigenvalue weighted by Crippen LogP contribution is -2.27. The molecule has 0 aliphatic carbocycles. The molecule has 0 spiro atoms. The average molecular weight is 269 g/mol. The van der Waals surface area contributed by atoms with E-state index in [0.29, 0.717) is 5.56 Å². The number of carbonyl (C=O) groups is 1. The summed E-state index contributed by atoms with van der Waals surface area (Å²) in [4.78, 5) is 18.4. The molecule has 4 heteroatoms. The van der Waals surface area contributed by atoms with E-state index in [4.69, 9.17) is 0 Å². The highest BCUT2D eigenvalue weighted by molar-refractivity contribution is 6.06. The van der Waals surface area contributed by atoms with Gasteiger partial charge in [0.2, 0.25) is 0 Å². The number of aryl methyl sites for hydroxylation is 1. The lowest BCUT2D eigenvalue weighted by molar-refractivity contribution is 0.0993. The summed E-state index contributed by atoms with van der Waals surface area (Å²) in [6, 6.07) is 11.4. The highest BCUT2D eigenvalue weighted by Crippen LogP contribution is 2.20. The lowest BCUT2D eigenvalue weighted by atomic mass is 10.1. The third-order valence-electron chi connectivity index (χ3n) is 3.15. The van der Waals surface area contributed by atoms with E-state index in [1.165, 1.54) is 0 Å². The molecule has 0 radical (unpaired) electrons. The summed E-state index contributed by atoms with van der Waals surface area (Å²) in [7, 11) is 1.79. The van der Waals surface area contributed by atoms with Crippen LogP contribution in [0.2, 0.25) is 0 Å². The maximum Gasteiger partial charge on any atom is 0.258 e. The number of amides is 1. The van der Waals surface area contributed by atoms with Crippen molar-refractivity contribution in [2.75, 3.05) is 23.8 Å². The Labute approximate surface area is 119 Å². The molecule has 20 heavy (non-hydrogen) atoms. The zero-order chi connectivity index (χ0) is 14.5. The molecule has 4 nitrogen and oxygen atoms in total. The van der Waals surface area contributed by atoms with Gasteiger partial charge in [-0.2, -0.15) is 0 Å². The van der Waals surface area contributed by atoms with Crippen molar-refractivity contribution >= 4 is 17.4 Å². The summed E-state index contributed by atoms with van der Waals surface area (Å²) in [5.74, 6) is 0.678. The number of nitrogens with zero attached hydrogens (tertiary/aromatic N) is 2. The van der Waals surface area contributed by atoms with Crippen LogP contribution in [0.3, 0.4) is 0 Å². The van der Waals surface area contributed by atoms with Crippen molar-refractivity contribution in [2.45, 2.75) is 13.8 Å². The second kappa shape index (κ2) is 6.19. The van der Waals surface area contributed by atoms with E-state index in [-0.39, 0.29) is 5.91 Å². The first-order valence-corrected chi connectivity index (χ1v) is 6.67. The number of rotatable bonds is 4. The van der Waals surface area contributed by atoms with Gasteiger partial charge in [0.1, 0.15) is 5.82 Å². The molecule has 0 atom stereocenters. The molecule has 0 saturated heterocycles. The van der Waals surface area contributed by atoms with Crippen LogP contribution in [0.15, 0.2) is 42.6 Å². The number of nitrogens with one attached hydrogen (secondary N) is 1. The number of para-hydroxylation sites is 1. The van der Waals surface area contributed by atoms with Gasteiger partial charge in [-0.3, -0.25) is 4.79 Å². The van der Waals surface area contributed by atoms with E-state index in [2.05, 4.69) is 10.3 Å². The predicted molar refractivity (Wildman–Crippen MR) is 82.3 cm³/mol. The smallest absolute Gasteiger partial charge is 0.258 e. The van der Waals surface area contributed by atoms with Crippen LogP contribution in [-0.4, -0.2) is 24.5 Å². The predicted octanol–water partition coefficient (Wildman–Crippen LogP) is 3.10. The Hall–Kier alpha value is -2.36. The van der Waals surface area contributed by atoms with Crippen LogP contribution in [0.25, 0.3) is 0 Å². The minimum atomic E-state index is -0.0409. The van der Waals surface area contributed by atoms with Crippen molar-refractivity contribution < 1.29 is 4.79 Å². The van der Waals surface area contributed by atoms with Gasteiger partial charge in [-0.25, -0.2) is 4.98 Å². The Bertz CT molecular complexity index is 610. The zero-order valence-electron chi connectivity index (χ0n) is 12.1. The van der Waals surface area contributed by atoms with Crippen molar-refractivity contribution in [1.29, 1.82) is 0 Å². The first kappa shape index (κ1) is 14.1. The van der Waals surface area contributed by atoms with Gasteiger partial charge in [-0.05, 0) is 37.6 Å². The Balaban J connectivity index is 2.27. The van der Waals surface area contributed by atoms with E-state index in [0.717, 1.165) is 23.6 Å². The number of benzene rings is 1. The molecule has 0 aliphatic heterocycles. The molecular weight excluding hydrogens is 250 g/mol. The van der Waals surface area contributed by atoms with Gasteiger partial charge in [-0.1, -0.05) is 18.2 Å². The number of hydrogen-bond acceptors (Lipinski definition) is 3. The third kappa shape index (κ3) is 2.96. The summed E-state index contributed by atoms with van der Waals surface area (Å²) in [6.07, 6.45) is 1.65. The normalized spacial score (nSPS) is 10.2. The molecule has 1 aromatic carbocycles. The highest BCUT2D eigenvalue weighted by atomic mass is 16.2. The quantitative estimate of drug-likeness (QED) is 0.927. The minimum Gasteiger partial charge on any atom is -0.370 e. The first-order valence-electron chi connectivity index (χ1n) is 6.67. The molecule has 0 fully saturated rings. The molecule has 1 aromatic heterocycles. The van der Waals surface area contributed by atoms with Crippen LogP contribution in [0.5, 0.6) is 0 Å². The van der Waals surface area contributed by atoms with E-state index in [9.17, 15) is 4.79 Å². The SMILES string of the molecule is CCNc1cc(C(=O)N(C)c2ccccc2C)ccn1. The fraction of sp³-hybridized carbons (Fsp3) is 0.250. The molecule has 1 heterocycles. The van der Waals surface area contributed by atoms with Gasteiger partial charge >= 0.3 is 0 Å². The fourth-order valence-electron chi connectivity index (χ4n) is 2.08. The summed E-state index contributed by atoms with van der Waals surface area (Å²) >= 11 is 0. The summed E-state index contributed by atoms with van der Waals surface area (Å²) in [5.41, 5.74) is 2.62. The third-order valence-corrected chi connectivity index (χ3v) is 3.15. The largest absolute Gasteiger partial charge is 0.370 e. The van der Waals surface area contributed by atoms with Crippen LogP contribution in [-0.2, 0) is 0 Å². The van der Waals surface area contributed by atoms with Crippen molar-refractivity contribution in [3.05, 3.63) is 53.7 Å². The Morgan fingerprint density at radius 1 is 1.30 bits per heavy atom. The maximum atomic E-state index is 12.5. The fourth-order valence-corrected chi connectivity index (χ4v) is 2.08. The lowest BCUT2D eigenvalue weighted by Gasteiger charge is -2.19. The van der Waals surface area contributed by atoms with Crippen LogP contribution < -0.4 is 10.2 Å². The zero-order valence-corrected chi connectivity index (χ0v) is 12.1. The Kier molecular flexibility index (Phi) is 4.35. The van der Waals surface area contributed by atoms with Crippen molar-refractivity contribution in [3.63, 3.8) is 0 Å². The second-order valence-corrected chi connectivity index (χ2v) is 4.61. The number of aromatic nitrogens is 1. The standard InChI is InChI=1S/C16H19N3O/c1-4-17-15-11-13(9-10-18-15)16(20)19(3)14-8-6-5-7-12(14)2/h5-11H,4H2,1-3H3,(H,17,18). The van der Waals surface area contributed by atoms with E-state index >= 15 is 0 Å². The molecule has 1 N–H and O–H groups in total. The topological polar surface area (TPSA) is 45.2 Å². The van der Waals surface area contributed by atoms with Gasteiger partial charge < -0.3 is 10.2 Å². The molecule has 0 unspecified atom stereocenters. The monoisotopic (exact) mass is 269 g/mol. The van der Waals surface area contributed by atoms with Crippen LogP contribution >= 0.6 is 0 Å². The van der Waals surface area contributed by atoms with Crippen LogP contribution in [0, 0.1) is 6.92 Å². The summed E-state index contributed by atoms with van der Waals surface area (Å²) in [6.45, 7) is 4.77. The minimum absolute atomic E-state index is 0.0409. The first-order chi connectivity index (χ1) is 9.63. The van der Waals surface area contributed by atoms with Gasteiger partial charge in [0.15, 0.2) is 0 Å². The van der Waals surface area contributed by atoms with Gasteiger partial charge in [0.25, 0.3) is 5.91 Å². The summed E-state index contributed by atoms with van der Waals surface area (Å²) < 4.78 is 0. The molecule has 2 rings (SSSR count). The summed E-state index contributed by atoms with van der Waals surface area (Å²) in [5, 5.41) is 3.11. The van der Waals surface area contributed by atoms with Gasteiger partial charge in [0.05, 0.1) is 0 Å². The molecular formula is C16H19N3O. The Morgan fingerprint density at radius 2 is 2.05 bits per heavy atom. The molecule has 0 bridgehead atoms. The highest BCUT2D eigenvalue weighted by Gasteiger charge is 2.15. The van der Waals surface area contributed by atoms with E-state index < -0.39 is 0 Å². The Morgan fingerprint density at radius 3 is 2.75 bits per heavy atom. The van der Waals surface area contributed by atoms with Crippen molar-refractivity contribution in [3.8, 4) is 0 Å². The molecule has 2 aromatic rings. The number of anilines is 2. The molecule has 0 saturated carbocycles. The molecule has 0 aliphatic rings. The number of hydrogen-bond donors (Lipinski definition) is 1. The van der Waals surface area contributed by atoms with Gasteiger partial charge in [0, 0.05) is 31.0 Å². The second-order valence-electron chi connectivity index (χ2n) is 4.61.